The van der Waals surface area contributed by atoms with Crippen LogP contribution in [0, 0.1) is 34.5 Å². The highest BCUT2D eigenvalue weighted by molar-refractivity contribution is 6.30. The lowest BCUT2D eigenvalue weighted by Crippen LogP contribution is -2.68. The summed E-state index contributed by atoms with van der Waals surface area (Å²) in [6.45, 7) is 7.46. The molecule has 0 aromatic heterocycles. The Morgan fingerprint density at radius 3 is 2.57 bits per heavy atom. The number of halogens is 1. The zero-order chi connectivity index (χ0) is 21.3. The molecular formula is C26H36ClNO2. The molecule has 3 unspecified atom stereocenters. The average molecular weight is 430 g/mol. The number of ether oxygens (including phenoxy) is 1. The Labute approximate surface area is 186 Å². The highest BCUT2D eigenvalue weighted by atomic mass is 35.5. The molecule has 4 heteroatoms. The first kappa shape index (κ1) is 20.7. The number of amides is 1. The molecule has 8 atom stereocenters. The predicted octanol–water partition coefficient (Wildman–Crippen LogP) is 6.20. The number of fused-ring (bicyclic) bond motifs is 5. The molecule has 1 aromatic rings. The number of nitrogens with zero attached hydrogens (tertiary/aromatic N) is 1. The van der Waals surface area contributed by atoms with Gasteiger partial charge in [0.1, 0.15) is 11.9 Å². The van der Waals surface area contributed by atoms with E-state index in [-0.39, 0.29) is 23.5 Å². The Bertz CT molecular complexity index is 825. The van der Waals surface area contributed by atoms with E-state index in [1.54, 1.807) is 0 Å². The minimum atomic E-state index is -0.0712. The average Bonchev–Trinajstić information content (AvgIpc) is 3.11. The summed E-state index contributed by atoms with van der Waals surface area (Å²) in [5, 5.41) is 0.713. The molecule has 164 valence electrons. The van der Waals surface area contributed by atoms with Crippen molar-refractivity contribution in [3.05, 3.63) is 29.3 Å². The van der Waals surface area contributed by atoms with E-state index in [1.165, 1.54) is 32.1 Å². The van der Waals surface area contributed by atoms with Gasteiger partial charge in [-0.25, -0.2) is 0 Å². The van der Waals surface area contributed by atoms with Crippen LogP contribution < -0.4 is 4.74 Å². The van der Waals surface area contributed by atoms with Crippen LogP contribution in [0.4, 0.5) is 0 Å². The largest absolute Gasteiger partial charge is 0.489 e. The minimum absolute atomic E-state index is 0.0105. The van der Waals surface area contributed by atoms with Gasteiger partial charge in [-0.2, -0.15) is 0 Å². The molecule has 0 radical (unpaired) electrons. The summed E-state index contributed by atoms with van der Waals surface area (Å²) >= 11 is 6.09. The van der Waals surface area contributed by atoms with Crippen molar-refractivity contribution >= 4 is 17.5 Å². The van der Waals surface area contributed by atoms with E-state index < -0.39 is 0 Å². The van der Waals surface area contributed by atoms with Crippen molar-refractivity contribution in [2.24, 2.45) is 34.5 Å². The first-order valence-corrected chi connectivity index (χ1v) is 12.3. The fourth-order valence-corrected chi connectivity index (χ4v) is 8.41. The van der Waals surface area contributed by atoms with E-state index in [4.69, 9.17) is 16.3 Å². The lowest BCUT2D eigenvalue weighted by atomic mass is 9.44. The summed E-state index contributed by atoms with van der Waals surface area (Å²) in [5.74, 6) is 3.94. The summed E-state index contributed by atoms with van der Waals surface area (Å²) in [5.41, 5.74) is 0.519. The van der Waals surface area contributed by atoms with Crippen LogP contribution in [0.1, 0.15) is 65.7 Å². The quantitative estimate of drug-likeness (QED) is 0.560. The van der Waals surface area contributed by atoms with Crippen LogP contribution in [0.3, 0.4) is 0 Å². The van der Waals surface area contributed by atoms with Crippen molar-refractivity contribution < 1.29 is 9.53 Å². The number of hydrogen-bond donors (Lipinski definition) is 0. The topological polar surface area (TPSA) is 29.5 Å². The Morgan fingerprint density at radius 1 is 1.10 bits per heavy atom. The highest BCUT2D eigenvalue weighted by Crippen LogP contribution is 2.66. The molecule has 1 amide bonds. The first-order chi connectivity index (χ1) is 14.2. The fourth-order valence-electron chi connectivity index (χ4n) is 8.29. The molecule has 4 fully saturated rings. The monoisotopic (exact) mass is 429 g/mol. The number of likely N-dealkylation sites (tertiary alicyclic amines) is 1. The lowest BCUT2D eigenvalue weighted by molar-refractivity contribution is -0.189. The van der Waals surface area contributed by atoms with E-state index >= 15 is 0 Å². The number of benzene rings is 1. The molecule has 4 aliphatic rings. The van der Waals surface area contributed by atoms with Gasteiger partial charge in [-0.1, -0.05) is 38.8 Å². The zero-order valence-corrected chi connectivity index (χ0v) is 19.6. The molecule has 1 saturated heterocycles. The maximum Gasteiger partial charge on any atom is 0.226 e. The molecule has 0 spiro atoms. The van der Waals surface area contributed by atoms with Gasteiger partial charge in [-0.05, 0) is 85.5 Å². The summed E-state index contributed by atoms with van der Waals surface area (Å²) < 4.78 is 6.62. The van der Waals surface area contributed by atoms with Crippen molar-refractivity contribution in [3.63, 3.8) is 0 Å². The van der Waals surface area contributed by atoms with Gasteiger partial charge in [0.25, 0.3) is 0 Å². The van der Waals surface area contributed by atoms with E-state index in [2.05, 4.69) is 25.7 Å². The molecule has 3 aliphatic carbocycles. The van der Waals surface area contributed by atoms with Gasteiger partial charge >= 0.3 is 0 Å². The third kappa shape index (κ3) is 2.94. The molecule has 0 bridgehead atoms. The fraction of sp³-hybridized carbons (Fsp3) is 0.731. The van der Waals surface area contributed by atoms with Crippen LogP contribution in [0.5, 0.6) is 5.75 Å². The molecule has 1 aromatic carbocycles. The van der Waals surface area contributed by atoms with Crippen LogP contribution in [-0.2, 0) is 4.79 Å². The van der Waals surface area contributed by atoms with Crippen LogP contribution in [0.25, 0.3) is 0 Å². The zero-order valence-electron chi connectivity index (χ0n) is 18.9. The van der Waals surface area contributed by atoms with Crippen LogP contribution in [0.2, 0.25) is 5.02 Å². The number of piperidine rings is 1. The van der Waals surface area contributed by atoms with Crippen molar-refractivity contribution in [2.75, 3.05) is 7.05 Å². The molecule has 5 rings (SSSR count). The Kier molecular flexibility index (Phi) is 4.93. The predicted molar refractivity (Wildman–Crippen MR) is 121 cm³/mol. The van der Waals surface area contributed by atoms with Gasteiger partial charge in [0.2, 0.25) is 5.91 Å². The number of carbonyl (C=O) groups excluding carboxylic acids is 1. The molecule has 30 heavy (non-hydrogen) atoms. The second-order valence-electron chi connectivity index (χ2n) is 11.2. The third-order valence-corrected chi connectivity index (χ3v) is 10.1. The normalized spacial score (nSPS) is 45.5. The number of carbonyl (C=O) groups is 1. The lowest BCUT2D eigenvalue weighted by Gasteiger charge is -2.64. The van der Waals surface area contributed by atoms with Gasteiger partial charge in [0.05, 0.1) is 6.42 Å². The first-order valence-electron chi connectivity index (χ1n) is 11.9. The Morgan fingerprint density at radius 2 is 1.83 bits per heavy atom. The Hall–Kier alpha value is -1.22. The van der Waals surface area contributed by atoms with E-state index in [0.717, 1.165) is 24.0 Å². The molecule has 1 heterocycles. The minimum Gasteiger partial charge on any atom is -0.489 e. The second-order valence-corrected chi connectivity index (χ2v) is 11.7. The van der Waals surface area contributed by atoms with Gasteiger partial charge in [0, 0.05) is 23.5 Å². The van der Waals surface area contributed by atoms with E-state index in [9.17, 15) is 4.79 Å². The van der Waals surface area contributed by atoms with Gasteiger partial charge in [0.15, 0.2) is 0 Å². The highest BCUT2D eigenvalue weighted by Gasteiger charge is 2.64. The van der Waals surface area contributed by atoms with E-state index in [1.807, 2.05) is 31.3 Å². The third-order valence-electron chi connectivity index (χ3n) is 9.89. The summed E-state index contributed by atoms with van der Waals surface area (Å²) in [4.78, 5) is 15.0. The molecule has 3 saturated carbocycles. The molecule has 1 aliphatic heterocycles. The second kappa shape index (κ2) is 7.15. The maximum atomic E-state index is 13.0. The standard InChI is InChI=1S/C26H36ClNO2/c1-16-14-21-26(3,20-11-13-25(2)12-5-6-19(25)24(16)20)22(15-23(29)28(21)4)30-18-9-7-17(27)8-10-18/h7-10,16,19-22,24H,5-6,11-15H2,1-4H3/t16?,19-,20+,21?,22?,24-,25-,26+/m0/s1. The van der Waals surface area contributed by atoms with Crippen molar-refractivity contribution in [1.29, 1.82) is 0 Å². The van der Waals surface area contributed by atoms with Crippen molar-refractivity contribution in [1.82, 2.24) is 4.90 Å². The Balaban J connectivity index is 1.53. The van der Waals surface area contributed by atoms with Crippen LogP contribution in [0.15, 0.2) is 24.3 Å². The summed E-state index contributed by atoms with van der Waals surface area (Å²) in [6, 6.07) is 7.91. The van der Waals surface area contributed by atoms with Gasteiger partial charge < -0.3 is 9.64 Å². The SMILES string of the molecule is CC1CC2N(C)C(=O)CC(Oc3ccc(Cl)cc3)[C@]2(C)[C@@H]2CC[C@]3(C)CCC[C@H]3[C@H]12. The summed E-state index contributed by atoms with van der Waals surface area (Å²) in [6.07, 6.45) is 8.30. The molecular weight excluding hydrogens is 394 g/mol. The van der Waals surface area contributed by atoms with Gasteiger partial charge in [-0.15, -0.1) is 0 Å². The van der Waals surface area contributed by atoms with Gasteiger partial charge in [-0.3, -0.25) is 4.79 Å². The number of hydrogen-bond acceptors (Lipinski definition) is 2. The van der Waals surface area contributed by atoms with Crippen LogP contribution >= 0.6 is 11.6 Å². The summed E-state index contributed by atoms with van der Waals surface area (Å²) in [7, 11) is 2.03. The maximum absolute atomic E-state index is 13.0. The van der Waals surface area contributed by atoms with Crippen molar-refractivity contribution in [3.8, 4) is 5.75 Å². The number of rotatable bonds is 2. The van der Waals surface area contributed by atoms with Crippen LogP contribution in [-0.4, -0.2) is 30.0 Å². The molecule has 0 N–H and O–H groups in total. The smallest absolute Gasteiger partial charge is 0.226 e. The molecule has 3 nitrogen and oxygen atoms in total. The van der Waals surface area contributed by atoms with Crippen molar-refractivity contribution in [2.45, 2.75) is 77.9 Å². The van der Waals surface area contributed by atoms with E-state index in [0.29, 0.717) is 28.7 Å².